The van der Waals surface area contributed by atoms with Crippen molar-refractivity contribution in [2.24, 2.45) is 4.99 Å². The quantitative estimate of drug-likeness (QED) is 0.647. The molecule has 1 aromatic rings. The van der Waals surface area contributed by atoms with Crippen molar-refractivity contribution in [2.45, 2.75) is 19.5 Å². The second-order valence-electron chi connectivity index (χ2n) is 4.92. The summed E-state index contributed by atoms with van der Waals surface area (Å²) in [5, 5.41) is 2.68. The van der Waals surface area contributed by atoms with Crippen LogP contribution in [-0.2, 0) is 0 Å². The minimum Gasteiger partial charge on any atom is -0.492 e. The van der Waals surface area contributed by atoms with Gasteiger partial charge in [0.15, 0.2) is 5.96 Å². The van der Waals surface area contributed by atoms with E-state index >= 15 is 0 Å². The van der Waals surface area contributed by atoms with Gasteiger partial charge in [-0.3, -0.25) is 4.99 Å². The summed E-state index contributed by atoms with van der Waals surface area (Å²) in [6, 6.07) is 7.67. The summed E-state index contributed by atoms with van der Waals surface area (Å²) >= 11 is 0. The fourth-order valence-electron chi connectivity index (χ4n) is 1.74. The second kappa shape index (κ2) is 8.51. The third-order valence-electron chi connectivity index (χ3n) is 2.98. The monoisotopic (exact) mass is 317 g/mol. The molecule has 0 amide bonds. The normalized spacial score (nSPS) is 12.2. The van der Waals surface area contributed by atoms with E-state index in [4.69, 9.17) is 4.74 Å². The molecule has 0 aromatic heterocycles. The van der Waals surface area contributed by atoms with Gasteiger partial charge in [-0.2, -0.15) is 13.2 Å². The smallest absolute Gasteiger partial charge is 0.390 e. The minimum absolute atomic E-state index is 0.195. The lowest BCUT2D eigenvalue weighted by Crippen LogP contribution is -2.42. The Morgan fingerprint density at radius 2 is 1.91 bits per heavy atom. The molecule has 0 fully saturated rings. The van der Waals surface area contributed by atoms with Crippen LogP contribution in [0, 0.1) is 6.92 Å². The lowest BCUT2D eigenvalue weighted by Gasteiger charge is -2.22. The topological polar surface area (TPSA) is 36.9 Å². The molecular formula is C15H22F3N3O. The van der Waals surface area contributed by atoms with Crippen molar-refractivity contribution in [3.63, 3.8) is 0 Å². The first-order chi connectivity index (χ1) is 10.3. The Hall–Kier alpha value is -1.92. The van der Waals surface area contributed by atoms with Gasteiger partial charge in [0.25, 0.3) is 0 Å². The third-order valence-corrected chi connectivity index (χ3v) is 2.98. The zero-order valence-corrected chi connectivity index (χ0v) is 13.1. The standard InChI is InChI=1S/C15H22F3N3O/c1-12-4-6-13(7-5-12)22-11-10-21(3)14(19-2)20-9-8-15(16,17)18/h4-7H,8-11H2,1-3H3,(H,19,20). The summed E-state index contributed by atoms with van der Waals surface area (Å²) in [4.78, 5) is 5.68. The number of alkyl halides is 3. The van der Waals surface area contributed by atoms with Crippen molar-refractivity contribution < 1.29 is 17.9 Å². The Morgan fingerprint density at radius 1 is 1.27 bits per heavy atom. The van der Waals surface area contributed by atoms with Crippen molar-refractivity contribution >= 4 is 5.96 Å². The maximum Gasteiger partial charge on any atom is 0.390 e. The number of hydrogen-bond acceptors (Lipinski definition) is 2. The van der Waals surface area contributed by atoms with E-state index in [1.54, 1.807) is 11.9 Å². The van der Waals surface area contributed by atoms with Gasteiger partial charge in [-0.05, 0) is 19.1 Å². The summed E-state index contributed by atoms with van der Waals surface area (Å²) in [6.07, 6.45) is -5.06. The number of likely N-dealkylation sites (N-methyl/N-ethyl adjacent to an activating group) is 1. The van der Waals surface area contributed by atoms with Crippen LogP contribution in [-0.4, -0.2) is 50.8 Å². The van der Waals surface area contributed by atoms with Gasteiger partial charge in [-0.25, -0.2) is 0 Å². The van der Waals surface area contributed by atoms with E-state index in [0.29, 0.717) is 19.1 Å². The molecule has 0 unspecified atom stereocenters. The summed E-state index contributed by atoms with van der Waals surface area (Å²) in [5.41, 5.74) is 1.15. The molecule has 0 bridgehead atoms. The van der Waals surface area contributed by atoms with Crippen LogP contribution >= 0.6 is 0 Å². The highest BCUT2D eigenvalue weighted by atomic mass is 19.4. The molecule has 0 saturated carbocycles. The Morgan fingerprint density at radius 3 is 2.45 bits per heavy atom. The van der Waals surface area contributed by atoms with Crippen LogP contribution in [0.5, 0.6) is 5.75 Å². The molecule has 7 heteroatoms. The number of aryl methyl sites for hydroxylation is 1. The molecule has 124 valence electrons. The molecule has 22 heavy (non-hydrogen) atoms. The van der Waals surface area contributed by atoms with E-state index in [-0.39, 0.29) is 6.54 Å². The van der Waals surface area contributed by atoms with Gasteiger partial charge in [-0.1, -0.05) is 17.7 Å². The van der Waals surface area contributed by atoms with Crippen LogP contribution in [0.4, 0.5) is 13.2 Å². The molecule has 0 atom stereocenters. The molecule has 0 heterocycles. The molecule has 0 aliphatic heterocycles. The predicted molar refractivity (Wildman–Crippen MR) is 81.3 cm³/mol. The van der Waals surface area contributed by atoms with E-state index in [0.717, 1.165) is 11.3 Å². The van der Waals surface area contributed by atoms with Gasteiger partial charge in [0.1, 0.15) is 12.4 Å². The van der Waals surface area contributed by atoms with Crippen molar-refractivity contribution in [3.8, 4) is 5.75 Å². The molecule has 4 nitrogen and oxygen atoms in total. The van der Waals surface area contributed by atoms with Gasteiger partial charge in [-0.15, -0.1) is 0 Å². The molecule has 0 saturated heterocycles. The summed E-state index contributed by atoms with van der Waals surface area (Å²) in [7, 11) is 3.29. The van der Waals surface area contributed by atoms with E-state index in [1.165, 1.54) is 7.05 Å². The largest absolute Gasteiger partial charge is 0.492 e. The molecule has 0 radical (unpaired) electrons. The molecule has 0 aliphatic rings. The fraction of sp³-hybridized carbons (Fsp3) is 0.533. The molecule has 0 spiro atoms. The Kier molecular flexibility index (Phi) is 7.01. The van der Waals surface area contributed by atoms with Crippen molar-refractivity contribution in [1.29, 1.82) is 0 Å². The number of guanidine groups is 1. The zero-order valence-electron chi connectivity index (χ0n) is 13.1. The van der Waals surface area contributed by atoms with Gasteiger partial charge in [0.2, 0.25) is 0 Å². The first kappa shape index (κ1) is 18.1. The highest BCUT2D eigenvalue weighted by Crippen LogP contribution is 2.18. The van der Waals surface area contributed by atoms with E-state index in [1.807, 2.05) is 31.2 Å². The average Bonchev–Trinajstić information content (AvgIpc) is 2.44. The Labute approximate surface area is 129 Å². The summed E-state index contributed by atoms with van der Waals surface area (Å²) in [6.45, 7) is 2.73. The van der Waals surface area contributed by atoms with Crippen LogP contribution in [0.3, 0.4) is 0 Å². The Balaban J connectivity index is 2.32. The maximum absolute atomic E-state index is 12.1. The summed E-state index contributed by atoms with van der Waals surface area (Å²) in [5.74, 6) is 1.18. The predicted octanol–water partition coefficient (Wildman–Crippen LogP) is 2.83. The molecular weight excluding hydrogens is 295 g/mol. The highest BCUT2D eigenvalue weighted by molar-refractivity contribution is 5.79. The molecule has 1 N–H and O–H groups in total. The minimum atomic E-state index is -4.17. The SMILES string of the molecule is CN=C(NCCC(F)(F)F)N(C)CCOc1ccc(C)cc1. The lowest BCUT2D eigenvalue weighted by atomic mass is 10.2. The van der Waals surface area contributed by atoms with Crippen LogP contribution < -0.4 is 10.1 Å². The lowest BCUT2D eigenvalue weighted by molar-refractivity contribution is -0.132. The fourth-order valence-corrected chi connectivity index (χ4v) is 1.74. The molecule has 0 aliphatic carbocycles. The maximum atomic E-state index is 12.1. The first-order valence-electron chi connectivity index (χ1n) is 7.00. The number of nitrogens with one attached hydrogen (secondary N) is 1. The van der Waals surface area contributed by atoms with Crippen LogP contribution in [0.25, 0.3) is 0 Å². The number of benzene rings is 1. The van der Waals surface area contributed by atoms with Gasteiger partial charge in [0, 0.05) is 20.6 Å². The highest BCUT2D eigenvalue weighted by Gasteiger charge is 2.26. The van der Waals surface area contributed by atoms with Gasteiger partial charge < -0.3 is 15.0 Å². The van der Waals surface area contributed by atoms with Crippen LogP contribution in [0.2, 0.25) is 0 Å². The number of hydrogen-bond donors (Lipinski definition) is 1. The zero-order chi connectivity index (χ0) is 16.6. The van der Waals surface area contributed by atoms with Crippen molar-refractivity contribution in [2.75, 3.05) is 33.8 Å². The van der Waals surface area contributed by atoms with Gasteiger partial charge in [0.05, 0.1) is 13.0 Å². The van der Waals surface area contributed by atoms with E-state index < -0.39 is 12.6 Å². The third kappa shape index (κ3) is 7.19. The molecule has 1 aromatic carbocycles. The number of halogens is 3. The average molecular weight is 317 g/mol. The molecule has 1 rings (SSSR count). The number of aliphatic imine (C=N–C) groups is 1. The number of rotatable bonds is 6. The van der Waals surface area contributed by atoms with Crippen LogP contribution in [0.1, 0.15) is 12.0 Å². The number of nitrogens with zero attached hydrogens (tertiary/aromatic N) is 2. The summed E-state index contributed by atoms with van der Waals surface area (Å²) < 4.78 is 41.9. The van der Waals surface area contributed by atoms with E-state index in [2.05, 4.69) is 10.3 Å². The van der Waals surface area contributed by atoms with Gasteiger partial charge >= 0.3 is 6.18 Å². The van der Waals surface area contributed by atoms with E-state index in [9.17, 15) is 13.2 Å². The van der Waals surface area contributed by atoms with Crippen molar-refractivity contribution in [1.82, 2.24) is 10.2 Å². The first-order valence-corrected chi connectivity index (χ1v) is 7.00. The second-order valence-corrected chi connectivity index (χ2v) is 4.92. The van der Waals surface area contributed by atoms with Crippen LogP contribution in [0.15, 0.2) is 29.3 Å². The number of ether oxygens (including phenoxy) is 1. The van der Waals surface area contributed by atoms with Crippen molar-refractivity contribution in [3.05, 3.63) is 29.8 Å². The Bertz CT molecular complexity index is 472.